The number of thioether (sulfide) groups is 1. The van der Waals surface area contributed by atoms with Crippen molar-refractivity contribution in [2.75, 3.05) is 37.8 Å². The van der Waals surface area contributed by atoms with Crippen molar-refractivity contribution in [3.05, 3.63) is 34.4 Å². The third-order valence-electron chi connectivity index (χ3n) is 3.58. The van der Waals surface area contributed by atoms with Crippen LogP contribution in [0.1, 0.15) is 12.8 Å². The Morgan fingerprint density at radius 3 is 2.91 bits per heavy atom. The third-order valence-corrected chi connectivity index (χ3v) is 4.98. The molecule has 0 radical (unpaired) electrons. The summed E-state index contributed by atoms with van der Waals surface area (Å²) in [4.78, 5) is 14.7. The zero-order valence-electron chi connectivity index (χ0n) is 13.2. The van der Waals surface area contributed by atoms with Crippen LogP contribution < -0.4 is 16.0 Å². The van der Waals surface area contributed by atoms with Crippen LogP contribution in [0.3, 0.4) is 0 Å². The lowest BCUT2D eigenvalue weighted by atomic mass is 10.2. The Labute approximate surface area is 140 Å². The summed E-state index contributed by atoms with van der Waals surface area (Å²) in [6.45, 7) is 2.12. The van der Waals surface area contributed by atoms with Gasteiger partial charge in [0.05, 0.1) is 4.92 Å². The van der Waals surface area contributed by atoms with Gasteiger partial charge in [0.15, 0.2) is 5.96 Å². The molecule has 0 spiro atoms. The minimum atomic E-state index is -0.379. The molecule has 1 aliphatic rings. The van der Waals surface area contributed by atoms with Gasteiger partial charge in [-0.15, -0.1) is 0 Å². The predicted molar refractivity (Wildman–Crippen MR) is 96.4 cm³/mol. The van der Waals surface area contributed by atoms with Crippen LogP contribution in [0.4, 0.5) is 11.4 Å². The second-order valence-corrected chi connectivity index (χ2v) is 6.62. The molecule has 1 fully saturated rings. The number of nitrogens with zero attached hydrogens (tertiary/aromatic N) is 2. The van der Waals surface area contributed by atoms with E-state index in [-0.39, 0.29) is 10.6 Å². The van der Waals surface area contributed by atoms with E-state index in [0.717, 1.165) is 12.5 Å². The van der Waals surface area contributed by atoms with E-state index >= 15 is 0 Å². The molecule has 7 nitrogen and oxygen atoms in total. The van der Waals surface area contributed by atoms with E-state index in [1.54, 1.807) is 25.2 Å². The normalized spacial score (nSPS) is 17.8. The molecule has 1 aromatic rings. The van der Waals surface area contributed by atoms with Crippen LogP contribution in [0.5, 0.6) is 0 Å². The van der Waals surface area contributed by atoms with Gasteiger partial charge in [-0.3, -0.25) is 15.1 Å². The highest BCUT2D eigenvalue weighted by Gasteiger charge is 2.15. The second kappa shape index (κ2) is 9.24. The molecule has 1 aromatic carbocycles. The summed E-state index contributed by atoms with van der Waals surface area (Å²) in [5.41, 5.74) is 0.623. The first kappa shape index (κ1) is 17.4. The van der Waals surface area contributed by atoms with Crippen molar-refractivity contribution in [1.82, 2.24) is 10.6 Å². The van der Waals surface area contributed by atoms with Crippen LogP contribution in [-0.4, -0.2) is 48.6 Å². The number of hydrogen-bond acceptors (Lipinski definition) is 5. The molecule has 1 aliphatic heterocycles. The highest BCUT2D eigenvalue weighted by Crippen LogP contribution is 2.25. The van der Waals surface area contributed by atoms with Gasteiger partial charge in [-0.1, -0.05) is 12.1 Å². The molecule has 0 aliphatic carbocycles. The molecule has 0 bridgehead atoms. The number of hydrogen-bond donors (Lipinski definition) is 3. The summed E-state index contributed by atoms with van der Waals surface area (Å²) in [7, 11) is 1.74. The van der Waals surface area contributed by atoms with Crippen LogP contribution in [-0.2, 0) is 0 Å². The van der Waals surface area contributed by atoms with Gasteiger partial charge >= 0.3 is 0 Å². The van der Waals surface area contributed by atoms with E-state index in [9.17, 15) is 10.1 Å². The minimum Gasteiger partial charge on any atom is -0.378 e. The number of para-hydroxylation sites is 2. The number of aliphatic imine (C=N–C) groups is 1. The van der Waals surface area contributed by atoms with Gasteiger partial charge in [0, 0.05) is 38.0 Å². The molecular weight excluding hydrogens is 314 g/mol. The van der Waals surface area contributed by atoms with Crippen LogP contribution in [0.15, 0.2) is 29.3 Å². The van der Waals surface area contributed by atoms with Crippen molar-refractivity contribution in [3.63, 3.8) is 0 Å². The van der Waals surface area contributed by atoms with Gasteiger partial charge in [0.25, 0.3) is 5.69 Å². The zero-order chi connectivity index (χ0) is 16.5. The number of guanidine groups is 1. The summed E-state index contributed by atoms with van der Waals surface area (Å²) < 4.78 is 0. The largest absolute Gasteiger partial charge is 0.378 e. The standard InChI is InChI=1S/C15H23N5O2S/c1-16-15(19-11-12-5-4-10-23-12)18-9-8-17-13-6-2-3-7-14(13)20(21)22/h2-3,6-7,12,17H,4-5,8-11H2,1H3,(H2,16,18,19). The van der Waals surface area contributed by atoms with Crippen LogP contribution in [0.2, 0.25) is 0 Å². The van der Waals surface area contributed by atoms with Crippen molar-refractivity contribution in [2.45, 2.75) is 18.1 Å². The maximum absolute atomic E-state index is 10.9. The average Bonchev–Trinajstić information content (AvgIpc) is 3.08. The summed E-state index contributed by atoms with van der Waals surface area (Å²) in [5, 5.41) is 21.2. The van der Waals surface area contributed by atoms with Crippen molar-refractivity contribution in [2.24, 2.45) is 4.99 Å². The lowest BCUT2D eigenvalue weighted by Gasteiger charge is -2.15. The first-order valence-corrected chi connectivity index (χ1v) is 8.79. The quantitative estimate of drug-likeness (QED) is 0.232. The molecule has 3 N–H and O–H groups in total. The molecule has 23 heavy (non-hydrogen) atoms. The lowest BCUT2D eigenvalue weighted by molar-refractivity contribution is -0.384. The lowest BCUT2D eigenvalue weighted by Crippen LogP contribution is -2.41. The Kier molecular flexibility index (Phi) is 6.99. The van der Waals surface area contributed by atoms with E-state index in [1.165, 1.54) is 24.7 Å². The Balaban J connectivity index is 1.70. The van der Waals surface area contributed by atoms with Gasteiger partial charge in [0.1, 0.15) is 5.69 Å². The molecule has 2 rings (SSSR count). The molecule has 1 saturated heterocycles. The van der Waals surface area contributed by atoms with E-state index in [2.05, 4.69) is 20.9 Å². The fraction of sp³-hybridized carbons (Fsp3) is 0.533. The van der Waals surface area contributed by atoms with Crippen molar-refractivity contribution < 1.29 is 4.92 Å². The molecule has 126 valence electrons. The summed E-state index contributed by atoms with van der Waals surface area (Å²) >= 11 is 2.00. The topological polar surface area (TPSA) is 91.6 Å². The number of nitro groups is 1. The first-order valence-electron chi connectivity index (χ1n) is 7.74. The molecule has 1 unspecified atom stereocenters. The smallest absolute Gasteiger partial charge is 0.292 e. The predicted octanol–water partition coefficient (Wildman–Crippen LogP) is 2.07. The molecule has 0 amide bonds. The van der Waals surface area contributed by atoms with Crippen LogP contribution in [0, 0.1) is 10.1 Å². The maximum Gasteiger partial charge on any atom is 0.292 e. The van der Waals surface area contributed by atoms with Crippen LogP contribution >= 0.6 is 11.8 Å². The SMILES string of the molecule is CN=C(NCCNc1ccccc1[N+](=O)[O-])NCC1CCCS1. The second-order valence-electron chi connectivity index (χ2n) is 5.22. The number of nitro benzene ring substituents is 1. The summed E-state index contributed by atoms with van der Waals surface area (Å²) in [6.07, 6.45) is 2.55. The Morgan fingerprint density at radius 1 is 1.39 bits per heavy atom. The van der Waals surface area contributed by atoms with Crippen molar-refractivity contribution in [1.29, 1.82) is 0 Å². The van der Waals surface area contributed by atoms with E-state index < -0.39 is 0 Å². The van der Waals surface area contributed by atoms with E-state index in [1.807, 2.05) is 11.8 Å². The first-order chi connectivity index (χ1) is 11.2. The highest BCUT2D eigenvalue weighted by molar-refractivity contribution is 8.00. The average molecular weight is 337 g/mol. The number of rotatable bonds is 7. The number of anilines is 1. The monoisotopic (exact) mass is 337 g/mol. The van der Waals surface area contributed by atoms with E-state index in [0.29, 0.717) is 24.0 Å². The molecular formula is C15H23N5O2S. The minimum absolute atomic E-state index is 0.0910. The molecule has 0 saturated carbocycles. The number of nitrogens with one attached hydrogen (secondary N) is 3. The van der Waals surface area contributed by atoms with Gasteiger partial charge in [-0.2, -0.15) is 11.8 Å². The zero-order valence-corrected chi connectivity index (χ0v) is 14.1. The van der Waals surface area contributed by atoms with Gasteiger partial charge in [-0.05, 0) is 24.7 Å². The Bertz CT molecular complexity index is 546. The Morgan fingerprint density at radius 2 is 2.22 bits per heavy atom. The third kappa shape index (κ3) is 5.63. The fourth-order valence-corrected chi connectivity index (χ4v) is 3.60. The summed E-state index contributed by atoms with van der Waals surface area (Å²) in [6, 6.07) is 6.65. The van der Waals surface area contributed by atoms with E-state index in [4.69, 9.17) is 0 Å². The van der Waals surface area contributed by atoms with Crippen molar-refractivity contribution in [3.8, 4) is 0 Å². The molecule has 0 aromatic heterocycles. The van der Waals surface area contributed by atoms with Crippen LogP contribution in [0.25, 0.3) is 0 Å². The van der Waals surface area contributed by atoms with Crippen molar-refractivity contribution >= 4 is 29.1 Å². The van der Waals surface area contributed by atoms with Gasteiger partial charge in [-0.25, -0.2) is 0 Å². The fourth-order valence-electron chi connectivity index (χ4n) is 2.40. The molecule has 8 heteroatoms. The molecule has 1 atom stereocenters. The highest BCUT2D eigenvalue weighted by atomic mass is 32.2. The Hall–Kier alpha value is -1.96. The summed E-state index contributed by atoms with van der Waals surface area (Å²) in [5.74, 6) is 2.01. The number of benzene rings is 1. The molecule has 1 heterocycles. The maximum atomic E-state index is 10.9. The van der Waals surface area contributed by atoms with Gasteiger partial charge in [0.2, 0.25) is 0 Å². The van der Waals surface area contributed by atoms with Gasteiger partial charge < -0.3 is 16.0 Å².